The van der Waals surface area contributed by atoms with Gasteiger partial charge >= 0.3 is 0 Å². The fourth-order valence-corrected chi connectivity index (χ4v) is 8.93. The van der Waals surface area contributed by atoms with Crippen molar-refractivity contribution >= 4 is 5.78 Å². The third-order valence-corrected chi connectivity index (χ3v) is 10.7. The first-order chi connectivity index (χ1) is 15.6. The Balaban J connectivity index is 1.39. The maximum Gasteiger partial charge on any atom is 0.157 e. The van der Waals surface area contributed by atoms with Crippen molar-refractivity contribution in [1.29, 1.82) is 5.26 Å². The fraction of sp³-hybridized carbons (Fsp3) is 0.815. The van der Waals surface area contributed by atoms with Crippen LogP contribution in [0.3, 0.4) is 0 Å². The summed E-state index contributed by atoms with van der Waals surface area (Å²) in [5, 5.41) is 24.1. The Morgan fingerprint density at radius 1 is 1.21 bits per heavy atom. The zero-order valence-corrected chi connectivity index (χ0v) is 20.6. The molecule has 4 aliphatic carbocycles. The van der Waals surface area contributed by atoms with E-state index in [-0.39, 0.29) is 35.2 Å². The van der Waals surface area contributed by atoms with Crippen molar-refractivity contribution in [2.75, 3.05) is 7.11 Å². The number of nitriles is 1. The molecular formula is C27H39N3O3. The predicted octanol–water partition coefficient (Wildman–Crippen LogP) is 4.36. The molecule has 1 aromatic heterocycles. The second-order valence-corrected chi connectivity index (χ2v) is 12.4. The van der Waals surface area contributed by atoms with Gasteiger partial charge in [-0.3, -0.25) is 9.48 Å². The molecule has 0 aromatic carbocycles. The van der Waals surface area contributed by atoms with Gasteiger partial charge in [-0.2, -0.15) is 10.4 Å². The van der Waals surface area contributed by atoms with Crippen LogP contribution in [0.1, 0.15) is 77.7 Å². The van der Waals surface area contributed by atoms with E-state index in [2.05, 4.69) is 25.0 Å². The first-order valence-electron chi connectivity index (χ1n) is 12.8. The van der Waals surface area contributed by atoms with Crippen LogP contribution in [0, 0.1) is 51.8 Å². The molecule has 180 valence electrons. The predicted molar refractivity (Wildman–Crippen MR) is 124 cm³/mol. The molecule has 1 heterocycles. The van der Waals surface area contributed by atoms with E-state index in [0.29, 0.717) is 29.2 Å². The highest BCUT2D eigenvalue weighted by Gasteiger charge is 2.64. The van der Waals surface area contributed by atoms with Gasteiger partial charge in [-0.1, -0.05) is 13.8 Å². The molecule has 33 heavy (non-hydrogen) atoms. The van der Waals surface area contributed by atoms with Gasteiger partial charge in [0.1, 0.15) is 6.07 Å². The van der Waals surface area contributed by atoms with Crippen LogP contribution in [-0.2, 0) is 16.1 Å². The van der Waals surface area contributed by atoms with Crippen LogP contribution in [-0.4, -0.2) is 39.5 Å². The Bertz CT molecular complexity index is 964. The molecule has 0 bridgehead atoms. The minimum Gasteiger partial charge on any atom is -0.390 e. The number of methoxy groups -OCH3 is 1. The molecule has 1 N–H and O–H groups in total. The quantitative estimate of drug-likeness (QED) is 0.732. The van der Waals surface area contributed by atoms with Gasteiger partial charge in [0, 0.05) is 19.2 Å². The molecule has 0 radical (unpaired) electrons. The van der Waals surface area contributed by atoms with Gasteiger partial charge in [0.05, 0.1) is 30.0 Å². The number of ketones is 1. The summed E-state index contributed by atoms with van der Waals surface area (Å²) in [5.41, 5.74) is 0.206. The van der Waals surface area contributed by atoms with Gasteiger partial charge in [-0.25, -0.2) is 0 Å². The third kappa shape index (κ3) is 3.58. The smallest absolute Gasteiger partial charge is 0.157 e. The zero-order chi connectivity index (χ0) is 23.6. The molecule has 6 nitrogen and oxygen atoms in total. The summed E-state index contributed by atoms with van der Waals surface area (Å²) in [6, 6.07) is 2.09. The van der Waals surface area contributed by atoms with Crippen molar-refractivity contribution in [2.45, 2.75) is 90.4 Å². The molecule has 5 rings (SSSR count). The number of hydrogen-bond donors (Lipinski definition) is 1. The van der Waals surface area contributed by atoms with Crippen molar-refractivity contribution < 1.29 is 14.6 Å². The van der Waals surface area contributed by atoms with Gasteiger partial charge in [-0.15, -0.1) is 0 Å². The molecular weight excluding hydrogens is 414 g/mol. The summed E-state index contributed by atoms with van der Waals surface area (Å²) >= 11 is 0. The molecule has 4 fully saturated rings. The van der Waals surface area contributed by atoms with Crippen LogP contribution < -0.4 is 0 Å². The van der Waals surface area contributed by atoms with E-state index in [1.54, 1.807) is 10.9 Å². The molecule has 0 saturated heterocycles. The number of rotatable bonds is 4. The van der Waals surface area contributed by atoms with E-state index in [9.17, 15) is 9.90 Å². The zero-order valence-electron chi connectivity index (χ0n) is 20.6. The Hall–Kier alpha value is -1.71. The molecule has 0 spiro atoms. The standard InChI is InChI=1S/C27H39N3O3/c1-25(32)9-10-26(2)18(12-25)11-23(33-4)24-20-6-5-19(27(20,3)8-7-21(24)26)22(31)16-30-15-17(13-28)14-29-30/h14-15,18-21,23-24,32H,5-12,16H2,1-4H3/t18-,19+,20-,21-,23-,24-,25+,26-,27+/m0/s1. The van der Waals surface area contributed by atoms with Crippen LogP contribution in [0.15, 0.2) is 12.4 Å². The summed E-state index contributed by atoms with van der Waals surface area (Å²) in [6.45, 7) is 7.11. The number of hydrogen-bond acceptors (Lipinski definition) is 5. The van der Waals surface area contributed by atoms with E-state index in [1.165, 1.54) is 6.20 Å². The van der Waals surface area contributed by atoms with Gasteiger partial charge in [-0.05, 0) is 92.8 Å². The van der Waals surface area contributed by atoms with Crippen LogP contribution in [0.5, 0.6) is 0 Å². The van der Waals surface area contributed by atoms with E-state index >= 15 is 0 Å². The van der Waals surface area contributed by atoms with Gasteiger partial charge in [0.25, 0.3) is 0 Å². The van der Waals surface area contributed by atoms with Crippen LogP contribution in [0.2, 0.25) is 0 Å². The van der Waals surface area contributed by atoms with Gasteiger partial charge in [0.15, 0.2) is 5.78 Å². The average Bonchev–Trinajstić information content (AvgIpc) is 3.37. The van der Waals surface area contributed by atoms with Crippen LogP contribution in [0.25, 0.3) is 0 Å². The van der Waals surface area contributed by atoms with Gasteiger partial charge in [0.2, 0.25) is 0 Å². The van der Waals surface area contributed by atoms with E-state index < -0.39 is 5.60 Å². The van der Waals surface area contributed by atoms with E-state index in [4.69, 9.17) is 10.00 Å². The Morgan fingerprint density at radius 2 is 1.97 bits per heavy atom. The maximum absolute atomic E-state index is 13.4. The van der Waals surface area contributed by atoms with Crippen molar-refractivity contribution in [3.8, 4) is 6.07 Å². The van der Waals surface area contributed by atoms with Crippen LogP contribution >= 0.6 is 0 Å². The lowest BCUT2D eigenvalue weighted by Gasteiger charge is -2.63. The first kappa shape index (κ1) is 23.1. The minimum atomic E-state index is -0.554. The largest absolute Gasteiger partial charge is 0.390 e. The van der Waals surface area contributed by atoms with E-state index in [1.807, 2.05) is 14.0 Å². The summed E-state index contributed by atoms with van der Waals surface area (Å²) in [5.74, 6) is 2.41. The highest BCUT2D eigenvalue weighted by atomic mass is 16.5. The Labute approximate surface area is 197 Å². The maximum atomic E-state index is 13.4. The monoisotopic (exact) mass is 453 g/mol. The molecule has 0 unspecified atom stereocenters. The van der Waals surface area contributed by atoms with E-state index in [0.717, 1.165) is 51.4 Å². The lowest BCUT2D eigenvalue weighted by Crippen LogP contribution is -2.60. The summed E-state index contributed by atoms with van der Waals surface area (Å²) in [6.07, 6.45) is 11.6. The topological polar surface area (TPSA) is 88.1 Å². The molecule has 0 aliphatic heterocycles. The number of aliphatic hydroxyl groups is 1. The molecule has 1 aromatic rings. The lowest BCUT2D eigenvalue weighted by atomic mass is 9.43. The number of nitrogens with zero attached hydrogens (tertiary/aromatic N) is 3. The van der Waals surface area contributed by atoms with Crippen LogP contribution in [0.4, 0.5) is 0 Å². The molecule has 9 atom stereocenters. The van der Waals surface area contributed by atoms with Gasteiger partial charge < -0.3 is 9.84 Å². The molecule has 6 heteroatoms. The number of ether oxygens (including phenoxy) is 1. The van der Waals surface area contributed by atoms with Crippen molar-refractivity contribution in [2.24, 2.45) is 40.4 Å². The summed E-state index contributed by atoms with van der Waals surface area (Å²) in [4.78, 5) is 13.4. The highest BCUT2D eigenvalue weighted by molar-refractivity contribution is 5.82. The number of carbonyl (C=O) groups excluding carboxylic acids is 1. The average molecular weight is 454 g/mol. The summed E-state index contributed by atoms with van der Waals surface area (Å²) in [7, 11) is 1.86. The van der Waals surface area contributed by atoms with Crippen molar-refractivity contribution in [3.05, 3.63) is 18.0 Å². The number of Topliss-reactive ketones (excluding diaryl/α,β-unsaturated/α-hetero) is 1. The number of carbonyl (C=O) groups is 1. The lowest BCUT2D eigenvalue weighted by molar-refractivity contribution is -0.191. The Kier molecular flexibility index (Phi) is 5.53. The molecule has 4 aliphatic rings. The third-order valence-electron chi connectivity index (χ3n) is 10.7. The first-order valence-corrected chi connectivity index (χ1v) is 12.8. The highest BCUT2D eigenvalue weighted by Crippen LogP contribution is 2.68. The summed E-state index contributed by atoms with van der Waals surface area (Å²) < 4.78 is 7.80. The second kappa shape index (κ2) is 7.92. The second-order valence-electron chi connectivity index (χ2n) is 12.4. The Morgan fingerprint density at radius 3 is 2.67 bits per heavy atom. The molecule has 4 saturated carbocycles. The fourth-order valence-electron chi connectivity index (χ4n) is 8.93. The van der Waals surface area contributed by atoms with Crippen molar-refractivity contribution in [3.63, 3.8) is 0 Å². The minimum absolute atomic E-state index is 0.00357. The SMILES string of the molecule is CO[C@H]1C[C@H]2C[C@](C)(O)CC[C@]2(C)[C@H]2CC[C@]3(C)[C@@H](C(=O)Cn4cc(C#N)cn4)CC[C@H]3[C@H]12. The number of aromatic nitrogens is 2. The normalized spacial score (nSPS) is 46.7. The molecule has 0 amide bonds. The number of fused-ring (bicyclic) bond motifs is 5. The van der Waals surface area contributed by atoms with Crippen molar-refractivity contribution in [1.82, 2.24) is 9.78 Å².